The van der Waals surface area contributed by atoms with E-state index in [1.54, 1.807) is 0 Å². The third-order valence-corrected chi connectivity index (χ3v) is 5.16. The van der Waals surface area contributed by atoms with E-state index in [-0.39, 0.29) is 11.9 Å². The third kappa shape index (κ3) is 2.71. The van der Waals surface area contributed by atoms with Crippen molar-refractivity contribution in [2.45, 2.75) is 57.5 Å². The summed E-state index contributed by atoms with van der Waals surface area (Å²) in [5.74, 6) is 1.89. The lowest BCUT2D eigenvalue weighted by Crippen LogP contribution is -2.52. The van der Waals surface area contributed by atoms with Crippen LogP contribution in [0, 0.1) is 17.8 Å². The summed E-state index contributed by atoms with van der Waals surface area (Å²) >= 11 is 0. The second kappa shape index (κ2) is 5.66. The van der Waals surface area contributed by atoms with Crippen LogP contribution in [0.2, 0.25) is 0 Å². The quantitative estimate of drug-likeness (QED) is 0.626. The number of nitrogens with one attached hydrogen (secondary N) is 1. The van der Waals surface area contributed by atoms with Gasteiger partial charge in [0.25, 0.3) is 0 Å². The summed E-state index contributed by atoms with van der Waals surface area (Å²) in [4.78, 5) is 11.7. The van der Waals surface area contributed by atoms with Crippen molar-refractivity contribution in [2.24, 2.45) is 17.8 Å². The number of fused-ring (bicyclic) bond motifs is 1. The van der Waals surface area contributed by atoms with Crippen LogP contribution in [0.4, 0.5) is 0 Å². The van der Waals surface area contributed by atoms with E-state index in [1.807, 2.05) is 6.92 Å². The van der Waals surface area contributed by atoms with Crippen molar-refractivity contribution in [3.63, 3.8) is 0 Å². The highest BCUT2D eigenvalue weighted by Gasteiger charge is 2.42. The average Bonchev–Trinajstić information content (AvgIpc) is 2.78. The molecule has 0 aliphatic heterocycles. The highest BCUT2D eigenvalue weighted by Crippen LogP contribution is 2.43. The summed E-state index contributed by atoms with van der Waals surface area (Å²) < 4.78 is 5.12. The topological polar surface area (TPSA) is 38.3 Å². The molecular weight excluding hydrogens is 238 g/mol. The molecular formula is C16H25NO2. The van der Waals surface area contributed by atoms with Gasteiger partial charge in [-0.05, 0) is 57.3 Å². The van der Waals surface area contributed by atoms with Crippen molar-refractivity contribution in [3.05, 3.63) is 12.2 Å². The Kier molecular flexibility index (Phi) is 3.92. The predicted octanol–water partition coefficient (Wildman–Crippen LogP) is 2.66. The van der Waals surface area contributed by atoms with Crippen LogP contribution in [0.3, 0.4) is 0 Å². The van der Waals surface area contributed by atoms with Gasteiger partial charge in [-0.1, -0.05) is 12.2 Å². The van der Waals surface area contributed by atoms with Crippen LogP contribution in [0.1, 0.15) is 45.4 Å². The number of allylic oxidation sites excluding steroid dienone is 1. The monoisotopic (exact) mass is 263 g/mol. The number of hydrogen-bond acceptors (Lipinski definition) is 3. The van der Waals surface area contributed by atoms with Crippen LogP contribution in [0.25, 0.3) is 0 Å². The number of esters is 1. The van der Waals surface area contributed by atoms with Crippen molar-refractivity contribution in [1.29, 1.82) is 0 Å². The molecule has 3 aliphatic carbocycles. The molecule has 3 aliphatic rings. The number of carbonyl (C=O) groups is 1. The molecule has 3 unspecified atom stereocenters. The van der Waals surface area contributed by atoms with Gasteiger partial charge in [0.15, 0.2) is 0 Å². The Morgan fingerprint density at radius 1 is 1.32 bits per heavy atom. The fourth-order valence-corrected chi connectivity index (χ4v) is 3.97. The maximum Gasteiger partial charge on any atom is 0.308 e. The molecule has 19 heavy (non-hydrogen) atoms. The van der Waals surface area contributed by atoms with Crippen molar-refractivity contribution < 1.29 is 9.53 Å². The molecule has 0 bridgehead atoms. The Bertz CT molecular complexity index is 358. The van der Waals surface area contributed by atoms with Crippen molar-refractivity contribution in [2.75, 3.05) is 6.61 Å². The van der Waals surface area contributed by atoms with Crippen LogP contribution >= 0.6 is 0 Å². The fraction of sp³-hybridized carbons (Fsp3) is 0.812. The zero-order chi connectivity index (χ0) is 13.2. The normalized spacial score (nSPS) is 40.6. The van der Waals surface area contributed by atoms with Gasteiger partial charge < -0.3 is 10.1 Å². The van der Waals surface area contributed by atoms with Crippen molar-refractivity contribution in [1.82, 2.24) is 5.32 Å². The second-order valence-electron chi connectivity index (χ2n) is 6.31. The first-order valence-corrected chi connectivity index (χ1v) is 7.87. The lowest BCUT2D eigenvalue weighted by atomic mass is 9.70. The van der Waals surface area contributed by atoms with Crippen molar-refractivity contribution in [3.8, 4) is 0 Å². The highest BCUT2D eigenvalue weighted by molar-refractivity contribution is 5.72. The summed E-state index contributed by atoms with van der Waals surface area (Å²) in [6, 6.07) is 1.32. The molecule has 3 nitrogen and oxygen atoms in total. The molecule has 0 aromatic heterocycles. The Morgan fingerprint density at radius 3 is 2.79 bits per heavy atom. The SMILES string of the molecule is CCOC(=O)C1CCC(NC2CC3CC=CC32)CC1. The van der Waals surface area contributed by atoms with Crippen LogP contribution in [-0.4, -0.2) is 24.7 Å². The van der Waals surface area contributed by atoms with Crippen LogP contribution in [0.15, 0.2) is 12.2 Å². The van der Waals surface area contributed by atoms with Gasteiger partial charge in [-0.2, -0.15) is 0 Å². The Balaban J connectivity index is 1.41. The maximum absolute atomic E-state index is 11.7. The predicted molar refractivity (Wildman–Crippen MR) is 74.7 cm³/mol. The lowest BCUT2D eigenvalue weighted by Gasteiger charge is -2.43. The molecule has 0 saturated heterocycles. The van der Waals surface area contributed by atoms with Gasteiger partial charge >= 0.3 is 5.97 Å². The van der Waals surface area contributed by atoms with E-state index in [1.165, 1.54) is 12.8 Å². The first kappa shape index (κ1) is 13.2. The standard InChI is InChI=1S/C16H25NO2/c1-2-19-16(18)11-6-8-13(9-7-11)17-15-10-12-4-3-5-14(12)15/h3,5,11-15,17H,2,4,6-10H2,1H3. The molecule has 0 aromatic rings. The van der Waals surface area contributed by atoms with E-state index in [0.717, 1.165) is 37.5 Å². The van der Waals surface area contributed by atoms with Crippen LogP contribution in [-0.2, 0) is 9.53 Å². The molecule has 2 saturated carbocycles. The minimum Gasteiger partial charge on any atom is -0.466 e. The molecule has 0 aromatic carbocycles. The summed E-state index contributed by atoms with van der Waals surface area (Å²) in [6.07, 6.45) is 11.6. The van der Waals surface area contributed by atoms with E-state index < -0.39 is 0 Å². The van der Waals surface area contributed by atoms with E-state index in [9.17, 15) is 4.79 Å². The van der Waals surface area contributed by atoms with Crippen LogP contribution in [0.5, 0.6) is 0 Å². The van der Waals surface area contributed by atoms with E-state index in [2.05, 4.69) is 17.5 Å². The Hall–Kier alpha value is -0.830. The van der Waals surface area contributed by atoms with Gasteiger partial charge in [-0.25, -0.2) is 0 Å². The molecule has 2 fully saturated rings. The van der Waals surface area contributed by atoms with E-state index in [4.69, 9.17) is 4.74 Å². The Morgan fingerprint density at radius 2 is 2.11 bits per heavy atom. The molecule has 3 atom stereocenters. The number of rotatable bonds is 4. The summed E-state index contributed by atoms with van der Waals surface area (Å²) in [5, 5.41) is 3.81. The maximum atomic E-state index is 11.7. The van der Waals surface area contributed by atoms with Gasteiger partial charge in [-0.15, -0.1) is 0 Å². The summed E-state index contributed by atoms with van der Waals surface area (Å²) in [5.41, 5.74) is 0. The third-order valence-electron chi connectivity index (χ3n) is 5.16. The molecule has 1 N–H and O–H groups in total. The highest BCUT2D eigenvalue weighted by atomic mass is 16.5. The van der Waals surface area contributed by atoms with Gasteiger partial charge in [0.1, 0.15) is 0 Å². The smallest absolute Gasteiger partial charge is 0.308 e. The fourth-order valence-electron chi connectivity index (χ4n) is 3.97. The number of carbonyl (C=O) groups excluding carboxylic acids is 1. The largest absolute Gasteiger partial charge is 0.466 e. The second-order valence-corrected chi connectivity index (χ2v) is 6.31. The summed E-state index contributed by atoms with van der Waals surface area (Å²) in [7, 11) is 0. The first-order chi connectivity index (χ1) is 9.28. The molecule has 0 spiro atoms. The van der Waals surface area contributed by atoms with Crippen LogP contribution < -0.4 is 5.32 Å². The number of ether oxygens (including phenoxy) is 1. The minimum absolute atomic E-state index is 0.0170. The molecule has 3 heteroatoms. The average molecular weight is 263 g/mol. The Labute approximate surface area is 115 Å². The zero-order valence-corrected chi connectivity index (χ0v) is 11.8. The summed E-state index contributed by atoms with van der Waals surface area (Å²) in [6.45, 7) is 2.39. The van der Waals surface area contributed by atoms with Gasteiger partial charge in [0.05, 0.1) is 12.5 Å². The lowest BCUT2D eigenvalue weighted by molar-refractivity contribution is -0.149. The molecule has 106 valence electrons. The van der Waals surface area contributed by atoms with Gasteiger partial charge in [-0.3, -0.25) is 4.79 Å². The minimum atomic E-state index is 0.0170. The van der Waals surface area contributed by atoms with E-state index in [0.29, 0.717) is 18.7 Å². The molecule has 0 amide bonds. The number of hydrogen-bond donors (Lipinski definition) is 1. The molecule has 3 rings (SSSR count). The van der Waals surface area contributed by atoms with Gasteiger partial charge in [0, 0.05) is 12.1 Å². The molecule has 0 radical (unpaired) electrons. The zero-order valence-electron chi connectivity index (χ0n) is 11.8. The first-order valence-electron chi connectivity index (χ1n) is 7.87. The van der Waals surface area contributed by atoms with Gasteiger partial charge in [0.2, 0.25) is 0 Å². The molecule has 0 heterocycles. The van der Waals surface area contributed by atoms with E-state index >= 15 is 0 Å². The van der Waals surface area contributed by atoms with Crippen molar-refractivity contribution >= 4 is 5.97 Å².